The minimum atomic E-state index is -3.73. The number of nitrogens with one attached hydrogen (secondary N) is 2. The van der Waals surface area contributed by atoms with Gasteiger partial charge in [-0.15, -0.1) is 0 Å². The summed E-state index contributed by atoms with van der Waals surface area (Å²) in [5.41, 5.74) is 0. The Balaban J connectivity index is 3.57. The number of carbonyl (C=O) groups excluding carboxylic acids is 2. The third-order valence-corrected chi connectivity index (χ3v) is 5.91. The Morgan fingerprint density at radius 2 is 1.71 bits per heavy atom. The predicted molar refractivity (Wildman–Crippen MR) is 123 cm³/mol. The number of hydrogen-bond donors (Lipinski definition) is 6. The average molecular weight is 537 g/mol. The van der Waals surface area contributed by atoms with E-state index in [0.29, 0.717) is 25.9 Å². The zero-order chi connectivity index (χ0) is 25.5. The highest BCUT2D eigenvalue weighted by Gasteiger charge is 2.37. The highest BCUT2D eigenvalue weighted by atomic mass is 31.2. The van der Waals surface area contributed by atoms with Crippen LogP contribution in [0.5, 0.6) is 0 Å². The summed E-state index contributed by atoms with van der Waals surface area (Å²) in [6.07, 6.45) is 2.95. The van der Waals surface area contributed by atoms with E-state index in [1.54, 1.807) is 0 Å². The molecule has 0 bridgehead atoms. The lowest BCUT2D eigenvalue weighted by Gasteiger charge is -2.16. The minimum Gasteiger partial charge on any atom is -0.396 e. The number of hydrogen-bond acceptors (Lipinski definition) is 12. The van der Waals surface area contributed by atoms with E-state index in [4.69, 9.17) is 28.3 Å². The van der Waals surface area contributed by atoms with Gasteiger partial charge < -0.3 is 39.2 Å². The third-order valence-electron chi connectivity index (χ3n) is 4.15. The van der Waals surface area contributed by atoms with Crippen molar-refractivity contribution in [1.82, 2.24) is 10.6 Å². The van der Waals surface area contributed by atoms with Crippen molar-refractivity contribution in [3.05, 3.63) is 0 Å². The second kappa shape index (κ2) is 22.8. The van der Waals surface area contributed by atoms with Gasteiger partial charge in [-0.05, 0) is 12.8 Å². The van der Waals surface area contributed by atoms with Crippen LogP contribution < -0.4 is 10.6 Å². The largest absolute Gasteiger partial charge is 0.569 e. The van der Waals surface area contributed by atoms with Crippen LogP contribution in [0, 0.1) is 5.92 Å². The molecule has 0 aromatic rings. The molecule has 0 rings (SSSR count). The van der Waals surface area contributed by atoms with Gasteiger partial charge in [0.2, 0.25) is 12.3 Å². The third kappa shape index (κ3) is 21.9. The van der Waals surface area contributed by atoms with Gasteiger partial charge >= 0.3 is 16.8 Å². The first-order valence-electron chi connectivity index (χ1n) is 10.8. The Bertz CT molecular complexity index is 508. The number of rotatable bonds is 25. The lowest BCUT2D eigenvalue weighted by molar-refractivity contribution is -0.121. The number of carbonyl (C=O) groups is 2. The molecule has 0 fully saturated rings. The molecule has 0 spiro atoms. The van der Waals surface area contributed by atoms with E-state index in [9.17, 15) is 19.6 Å². The van der Waals surface area contributed by atoms with Gasteiger partial charge in [0, 0.05) is 32.0 Å². The van der Waals surface area contributed by atoms with E-state index in [0.717, 1.165) is 20.0 Å². The van der Waals surface area contributed by atoms with Gasteiger partial charge in [0.25, 0.3) is 0 Å². The molecule has 0 saturated carbocycles. The van der Waals surface area contributed by atoms with Gasteiger partial charge in [0.05, 0.1) is 46.8 Å². The van der Waals surface area contributed by atoms with Crippen LogP contribution in [-0.4, -0.2) is 105 Å². The molecule has 34 heavy (non-hydrogen) atoms. The molecule has 0 saturated heterocycles. The fourth-order valence-electron chi connectivity index (χ4n) is 2.32. The number of aliphatic hydroxyl groups excluding tert-OH is 1. The van der Waals surface area contributed by atoms with Crippen LogP contribution in [0.3, 0.4) is 0 Å². The van der Waals surface area contributed by atoms with Crippen molar-refractivity contribution in [2.24, 2.45) is 5.92 Å². The van der Waals surface area contributed by atoms with Crippen molar-refractivity contribution < 1.29 is 56.9 Å². The number of unbranched alkanes of at least 4 members (excludes halogenated alkanes) is 1. The highest BCUT2D eigenvalue weighted by Crippen LogP contribution is 2.51. The maximum atomic E-state index is 11.5. The quantitative estimate of drug-likeness (QED) is 0.0503. The van der Waals surface area contributed by atoms with Crippen LogP contribution in [0.4, 0.5) is 0 Å². The van der Waals surface area contributed by atoms with Crippen molar-refractivity contribution in [2.45, 2.75) is 25.7 Å². The van der Waals surface area contributed by atoms with Gasteiger partial charge in [-0.25, -0.2) is 0 Å². The van der Waals surface area contributed by atoms with Crippen molar-refractivity contribution in [3.8, 4) is 0 Å². The van der Waals surface area contributed by atoms with Crippen molar-refractivity contribution >= 4 is 29.1 Å². The first-order valence-corrected chi connectivity index (χ1v) is 13.5. The molecule has 0 radical (unpaired) electrons. The minimum absolute atomic E-state index is 0.0311. The van der Waals surface area contributed by atoms with Gasteiger partial charge in [-0.3, -0.25) is 9.59 Å². The summed E-state index contributed by atoms with van der Waals surface area (Å²) in [4.78, 5) is 49.6. The molecule has 16 heteroatoms. The van der Waals surface area contributed by atoms with Crippen molar-refractivity contribution in [3.63, 3.8) is 0 Å². The Kier molecular flexibility index (Phi) is 22.4. The van der Waals surface area contributed by atoms with Crippen LogP contribution in [0.2, 0.25) is 0 Å². The molecular formula is C18H39N2O12P2+. The monoisotopic (exact) mass is 537 g/mol. The van der Waals surface area contributed by atoms with E-state index in [2.05, 4.69) is 19.7 Å². The molecule has 0 aromatic heterocycles. The van der Waals surface area contributed by atoms with Crippen LogP contribution in [0.15, 0.2) is 0 Å². The second-order valence-corrected chi connectivity index (χ2v) is 9.41. The normalized spacial score (nSPS) is 13.4. The highest BCUT2D eigenvalue weighted by molar-refractivity contribution is 7.54. The molecule has 2 unspecified atom stereocenters. The first-order chi connectivity index (χ1) is 16.3. The molecule has 0 heterocycles. The fraction of sp³-hybridized carbons (Fsp3) is 0.889. The predicted octanol–water partition coefficient (Wildman–Crippen LogP) is -0.372. The van der Waals surface area contributed by atoms with Crippen LogP contribution in [0.25, 0.3) is 0 Å². The molecule has 6 N–H and O–H groups in total. The van der Waals surface area contributed by atoms with Crippen LogP contribution in [0.1, 0.15) is 25.7 Å². The van der Waals surface area contributed by atoms with Crippen molar-refractivity contribution in [1.29, 1.82) is 0 Å². The maximum absolute atomic E-state index is 11.5. The van der Waals surface area contributed by atoms with E-state index < -0.39 is 16.8 Å². The van der Waals surface area contributed by atoms with E-state index in [1.807, 2.05) is 0 Å². The lowest BCUT2D eigenvalue weighted by atomic mass is 10.0. The van der Waals surface area contributed by atoms with E-state index >= 15 is 0 Å². The molecule has 0 aliphatic carbocycles. The number of ether oxygens (including phenoxy) is 2. The van der Waals surface area contributed by atoms with Crippen LogP contribution >= 0.6 is 16.8 Å². The standard InChI is InChI=1S/C18H38N2O12P2/c1-27-34(25,26)32-13-11-29-9-8-28-10-12-30-33(24)31-15-17(14-21)4-2-3-6-20-18(23)5-7-19-16-22/h16-17,21,24-26H,2-15H2,1H3,(H-,19,20,22,23)/p+1. The molecule has 0 aromatic carbocycles. The SMILES string of the molecule is CO[P+](O)(O)OCCOCCOCCOP(O)OCC(CO)CCCCNC(=O)CCNC=O. The maximum Gasteiger partial charge on any atom is 0.569 e. The number of aliphatic hydroxyl groups is 1. The molecule has 2 atom stereocenters. The van der Waals surface area contributed by atoms with Gasteiger partial charge in [-0.1, -0.05) is 6.42 Å². The van der Waals surface area contributed by atoms with Crippen molar-refractivity contribution in [2.75, 3.05) is 73.1 Å². The zero-order valence-electron chi connectivity index (χ0n) is 19.5. The van der Waals surface area contributed by atoms with Gasteiger partial charge in [0.15, 0.2) is 0 Å². The fourth-order valence-corrected chi connectivity index (χ4v) is 3.38. The van der Waals surface area contributed by atoms with Gasteiger partial charge in [-0.2, -0.15) is 18.8 Å². The van der Waals surface area contributed by atoms with E-state index in [1.165, 1.54) is 0 Å². The number of amides is 2. The molecule has 2 amide bonds. The zero-order valence-corrected chi connectivity index (χ0v) is 21.3. The molecule has 0 aliphatic heterocycles. The summed E-state index contributed by atoms with van der Waals surface area (Å²) in [5.74, 6) is -0.288. The lowest BCUT2D eigenvalue weighted by Crippen LogP contribution is -2.28. The second-order valence-electron chi connectivity index (χ2n) is 6.81. The van der Waals surface area contributed by atoms with Crippen LogP contribution in [-0.2, 0) is 37.2 Å². The molecule has 14 nitrogen and oxygen atoms in total. The summed E-state index contributed by atoms with van der Waals surface area (Å²) < 4.78 is 29.9. The summed E-state index contributed by atoms with van der Waals surface area (Å²) in [5, 5.41) is 14.6. The Morgan fingerprint density at radius 1 is 1.03 bits per heavy atom. The summed E-state index contributed by atoms with van der Waals surface area (Å²) in [6, 6.07) is 0. The molecule has 202 valence electrons. The topological polar surface area (TPSA) is 194 Å². The summed E-state index contributed by atoms with van der Waals surface area (Å²) in [6.45, 7) is 1.85. The Hall–Kier alpha value is -0.600. The summed E-state index contributed by atoms with van der Waals surface area (Å²) >= 11 is 0. The van der Waals surface area contributed by atoms with Gasteiger partial charge in [0.1, 0.15) is 6.61 Å². The Labute approximate surface area is 201 Å². The molecule has 0 aliphatic rings. The average Bonchev–Trinajstić information content (AvgIpc) is 2.82. The Morgan fingerprint density at radius 3 is 2.35 bits per heavy atom. The van der Waals surface area contributed by atoms with E-state index in [-0.39, 0.29) is 71.1 Å². The summed E-state index contributed by atoms with van der Waals surface area (Å²) in [7, 11) is -4.69. The first kappa shape index (κ1) is 33.4. The smallest absolute Gasteiger partial charge is 0.396 e. The molecular weight excluding hydrogens is 498 g/mol.